The van der Waals surface area contributed by atoms with Crippen LogP contribution in [0, 0.1) is 0 Å². The third kappa shape index (κ3) is 4.55. The van der Waals surface area contributed by atoms with Gasteiger partial charge >= 0.3 is 6.18 Å². The largest absolute Gasteiger partial charge is 0.394 e. The van der Waals surface area contributed by atoms with Gasteiger partial charge in [-0.3, -0.25) is 0 Å². The number of aromatic nitrogens is 2. The van der Waals surface area contributed by atoms with E-state index in [-0.39, 0.29) is 10.6 Å². The smallest absolute Gasteiger partial charge is 0.233 e. The van der Waals surface area contributed by atoms with Crippen molar-refractivity contribution in [3.63, 3.8) is 0 Å². The highest BCUT2D eigenvalue weighted by atomic mass is 32.2. The minimum Gasteiger partial charge on any atom is -0.233 e. The average molecular weight is 454 g/mol. The van der Waals surface area contributed by atoms with Crippen molar-refractivity contribution in [2.24, 2.45) is 5.14 Å². The highest BCUT2D eigenvalue weighted by Gasteiger charge is 2.30. The van der Waals surface area contributed by atoms with Crippen molar-refractivity contribution in [2.75, 3.05) is 5.75 Å². The van der Waals surface area contributed by atoms with Crippen molar-refractivity contribution in [3.8, 4) is 16.9 Å². The molecule has 0 atom stereocenters. The van der Waals surface area contributed by atoms with E-state index in [0.717, 1.165) is 29.1 Å². The SMILES string of the molecule is NS(=O)(=O)c1ccc(-n2nc(CC(F)(F)F)cc2-c2ccc3c(c2)SCCC3)cc1. The summed E-state index contributed by atoms with van der Waals surface area (Å²) >= 11 is 1.73. The topological polar surface area (TPSA) is 78.0 Å². The van der Waals surface area contributed by atoms with Crippen molar-refractivity contribution in [3.05, 3.63) is 59.8 Å². The van der Waals surface area contributed by atoms with Crippen LogP contribution < -0.4 is 5.14 Å². The van der Waals surface area contributed by atoms with Crippen LogP contribution in [0.3, 0.4) is 0 Å². The molecule has 1 aliphatic heterocycles. The lowest BCUT2D eigenvalue weighted by Gasteiger charge is -2.16. The third-order valence-electron chi connectivity index (χ3n) is 4.76. The Labute approximate surface area is 176 Å². The molecule has 0 saturated carbocycles. The molecule has 4 rings (SSSR count). The van der Waals surface area contributed by atoms with Crippen LogP contribution in [0.4, 0.5) is 13.2 Å². The van der Waals surface area contributed by atoms with Gasteiger partial charge in [-0.05, 0) is 60.6 Å². The Balaban J connectivity index is 1.81. The van der Waals surface area contributed by atoms with Crippen LogP contribution in [0.5, 0.6) is 0 Å². The first kappa shape index (κ1) is 21.0. The van der Waals surface area contributed by atoms with E-state index in [4.69, 9.17) is 5.14 Å². The van der Waals surface area contributed by atoms with E-state index in [9.17, 15) is 21.6 Å². The number of sulfonamides is 1. The highest BCUT2D eigenvalue weighted by Crippen LogP contribution is 2.35. The molecule has 0 fully saturated rings. The molecule has 1 aliphatic rings. The van der Waals surface area contributed by atoms with E-state index >= 15 is 0 Å². The first-order valence-corrected chi connectivity index (χ1v) is 11.7. The summed E-state index contributed by atoms with van der Waals surface area (Å²) in [6, 6.07) is 12.8. The van der Waals surface area contributed by atoms with Gasteiger partial charge in [0.1, 0.15) is 0 Å². The third-order valence-corrected chi connectivity index (χ3v) is 6.88. The molecule has 0 radical (unpaired) electrons. The summed E-state index contributed by atoms with van der Waals surface area (Å²) in [5, 5.41) is 9.28. The quantitative estimate of drug-likeness (QED) is 0.638. The number of primary sulfonamides is 1. The standard InChI is InChI=1S/C20H18F3N3O2S2/c21-20(22,23)12-15-11-18(14-4-3-13-2-1-9-29-19(13)10-14)26(25-15)16-5-7-17(8-6-16)30(24,27)28/h3-8,10-11H,1-2,9,12H2,(H2,24,27,28). The van der Waals surface area contributed by atoms with Gasteiger partial charge in [0, 0.05) is 10.5 Å². The number of benzene rings is 2. The average Bonchev–Trinajstić information content (AvgIpc) is 3.09. The number of halogens is 3. The molecule has 1 aromatic heterocycles. The molecule has 0 amide bonds. The van der Waals surface area contributed by atoms with E-state index in [1.165, 1.54) is 40.6 Å². The van der Waals surface area contributed by atoms with E-state index < -0.39 is 22.6 Å². The maximum atomic E-state index is 13.0. The summed E-state index contributed by atoms with van der Waals surface area (Å²) in [6.45, 7) is 0. The van der Waals surface area contributed by atoms with Crippen LogP contribution in [0.1, 0.15) is 17.7 Å². The summed E-state index contributed by atoms with van der Waals surface area (Å²) in [4.78, 5) is 1.04. The number of nitrogens with zero attached hydrogens (tertiary/aromatic N) is 2. The second-order valence-electron chi connectivity index (χ2n) is 7.04. The molecule has 0 bridgehead atoms. The van der Waals surface area contributed by atoms with E-state index in [0.29, 0.717) is 11.4 Å². The molecular weight excluding hydrogens is 435 g/mol. The first-order chi connectivity index (χ1) is 14.1. The lowest BCUT2D eigenvalue weighted by Crippen LogP contribution is -2.13. The zero-order valence-electron chi connectivity index (χ0n) is 15.7. The van der Waals surface area contributed by atoms with Gasteiger partial charge in [-0.15, -0.1) is 11.8 Å². The fourth-order valence-electron chi connectivity index (χ4n) is 3.40. The predicted molar refractivity (Wildman–Crippen MR) is 109 cm³/mol. The number of fused-ring (bicyclic) bond motifs is 1. The summed E-state index contributed by atoms with van der Waals surface area (Å²) in [6.07, 6.45) is -3.46. The van der Waals surface area contributed by atoms with Crippen LogP contribution in [0.15, 0.2) is 58.3 Å². The Morgan fingerprint density at radius 2 is 1.83 bits per heavy atom. The van der Waals surface area contributed by atoms with E-state index in [2.05, 4.69) is 5.10 Å². The molecule has 158 valence electrons. The molecule has 2 heterocycles. The van der Waals surface area contributed by atoms with Gasteiger partial charge in [0.25, 0.3) is 0 Å². The summed E-state index contributed by atoms with van der Waals surface area (Å²) in [5.74, 6) is 1.00. The molecule has 0 unspecified atom stereocenters. The van der Waals surface area contributed by atoms with Crippen molar-refractivity contribution >= 4 is 21.8 Å². The highest BCUT2D eigenvalue weighted by molar-refractivity contribution is 7.99. The van der Waals surface area contributed by atoms with Crippen molar-refractivity contribution < 1.29 is 21.6 Å². The Hall–Kier alpha value is -2.30. The van der Waals surface area contributed by atoms with Crippen LogP contribution in [-0.2, 0) is 22.9 Å². The Kier molecular flexibility index (Phi) is 5.41. The first-order valence-electron chi connectivity index (χ1n) is 9.15. The van der Waals surface area contributed by atoms with Gasteiger partial charge in [-0.2, -0.15) is 18.3 Å². The zero-order chi connectivity index (χ0) is 21.5. The second-order valence-corrected chi connectivity index (χ2v) is 9.74. The fourth-order valence-corrected chi connectivity index (χ4v) is 4.99. The molecule has 10 heteroatoms. The molecule has 2 aromatic carbocycles. The van der Waals surface area contributed by atoms with Crippen LogP contribution in [0.25, 0.3) is 16.9 Å². The predicted octanol–water partition coefficient (Wildman–Crippen LogP) is 4.33. The molecule has 0 spiro atoms. The molecular formula is C20H18F3N3O2S2. The van der Waals surface area contributed by atoms with Gasteiger partial charge in [0.15, 0.2) is 0 Å². The molecule has 2 N–H and O–H groups in total. The van der Waals surface area contributed by atoms with Crippen LogP contribution in [0.2, 0.25) is 0 Å². The Bertz CT molecular complexity index is 1190. The maximum Gasteiger partial charge on any atom is 0.394 e. The lowest BCUT2D eigenvalue weighted by molar-refractivity contribution is -0.127. The van der Waals surface area contributed by atoms with Crippen LogP contribution >= 0.6 is 11.8 Å². The number of alkyl halides is 3. The number of hydrogen-bond acceptors (Lipinski definition) is 4. The lowest BCUT2D eigenvalue weighted by atomic mass is 10.0. The Morgan fingerprint density at radius 3 is 2.50 bits per heavy atom. The zero-order valence-corrected chi connectivity index (χ0v) is 17.3. The summed E-state index contributed by atoms with van der Waals surface area (Å²) in [7, 11) is -3.87. The number of rotatable bonds is 4. The molecule has 0 saturated heterocycles. The number of aryl methyl sites for hydroxylation is 1. The number of hydrogen-bond donors (Lipinski definition) is 1. The number of thioether (sulfide) groups is 1. The van der Waals surface area contributed by atoms with Gasteiger partial charge in [-0.25, -0.2) is 18.2 Å². The monoisotopic (exact) mass is 453 g/mol. The van der Waals surface area contributed by atoms with Gasteiger partial charge in [0.05, 0.1) is 28.4 Å². The minimum atomic E-state index is -4.39. The van der Waals surface area contributed by atoms with Gasteiger partial charge in [-0.1, -0.05) is 12.1 Å². The van der Waals surface area contributed by atoms with Crippen molar-refractivity contribution in [2.45, 2.75) is 35.2 Å². The molecule has 0 aliphatic carbocycles. The Morgan fingerprint density at radius 1 is 1.10 bits per heavy atom. The van der Waals surface area contributed by atoms with Gasteiger partial charge in [0.2, 0.25) is 10.0 Å². The van der Waals surface area contributed by atoms with Gasteiger partial charge < -0.3 is 0 Å². The minimum absolute atomic E-state index is 0.0827. The van der Waals surface area contributed by atoms with E-state index in [1.807, 2.05) is 18.2 Å². The number of nitrogens with two attached hydrogens (primary N) is 1. The fraction of sp³-hybridized carbons (Fsp3) is 0.250. The van der Waals surface area contributed by atoms with Crippen molar-refractivity contribution in [1.82, 2.24) is 9.78 Å². The van der Waals surface area contributed by atoms with Crippen molar-refractivity contribution in [1.29, 1.82) is 0 Å². The normalized spacial score (nSPS) is 14.5. The molecule has 30 heavy (non-hydrogen) atoms. The molecule has 5 nitrogen and oxygen atoms in total. The molecule has 3 aromatic rings. The summed E-state index contributed by atoms with van der Waals surface area (Å²) in [5.41, 5.74) is 2.81. The van der Waals surface area contributed by atoms with Crippen LogP contribution in [-0.4, -0.2) is 30.1 Å². The van der Waals surface area contributed by atoms with E-state index in [1.54, 1.807) is 11.8 Å². The summed E-state index contributed by atoms with van der Waals surface area (Å²) < 4.78 is 63.3. The second kappa shape index (κ2) is 7.75. The maximum absolute atomic E-state index is 13.0.